The highest BCUT2D eigenvalue weighted by Gasteiger charge is 2.17. The number of nitrogens with zero attached hydrogens (tertiary/aromatic N) is 3. The van der Waals surface area contributed by atoms with Gasteiger partial charge in [0.1, 0.15) is 6.33 Å². The molecule has 4 aromatic rings. The average Bonchev–Trinajstić information content (AvgIpc) is 3.09. The first-order valence-corrected chi connectivity index (χ1v) is 9.95. The van der Waals surface area contributed by atoms with Gasteiger partial charge in [0, 0.05) is 0 Å². The zero-order chi connectivity index (χ0) is 18.9. The zero-order valence-corrected chi connectivity index (χ0v) is 15.5. The van der Waals surface area contributed by atoms with Crippen LogP contribution in [0.1, 0.15) is 11.1 Å². The molecule has 0 unspecified atom stereocenters. The van der Waals surface area contributed by atoms with Gasteiger partial charge in [0.2, 0.25) is 0 Å². The predicted molar refractivity (Wildman–Crippen MR) is 105 cm³/mol. The molecule has 0 aliphatic rings. The van der Waals surface area contributed by atoms with Crippen LogP contribution in [-0.2, 0) is 16.6 Å². The van der Waals surface area contributed by atoms with Gasteiger partial charge in [-0.2, -0.15) is 4.98 Å². The van der Waals surface area contributed by atoms with Crippen LogP contribution in [0.25, 0.3) is 10.8 Å². The Morgan fingerprint density at radius 1 is 0.963 bits per heavy atom. The van der Waals surface area contributed by atoms with Crippen molar-refractivity contribution in [2.24, 2.45) is 0 Å². The fourth-order valence-corrected chi connectivity index (χ4v) is 3.87. The molecule has 6 nitrogen and oxygen atoms in total. The van der Waals surface area contributed by atoms with Gasteiger partial charge in [-0.15, -0.1) is 5.10 Å². The Kier molecular flexibility index (Phi) is 4.37. The minimum Gasteiger partial charge on any atom is -0.246 e. The molecule has 3 aromatic carbocycles. The van der Waals surface area contributed by atoms with Gasteiger partial charge in [0.15, 0.2) is 0 Å². The zero-order valence-electron chi connectivity index (χ0n) is 14.7. The third kappa shape index (κ3) is 3.68. The maximum Gasteiger partial charge on any atom is 0.264 e. The summed E-state index contributed by atoms with van der Waals surface area (Å²) in [5, 5.41) is 6.08. The Morgan fingerprint density at radius 3 is 2.52 bits per heavy atom. The van der Waals surface area contributed by atoms with E-state index in [1.54, 1.807) is 22.9 Å². The van der Waals surface area contributed by atoms with Crippen LogP contribution in [0.4, 0.5) is 5.95 Å². The molecule has 4 rings (SSSR count). The van der Waals surface area contributed by atoms with E-state index in [-0.39, 0.29) is 10.8 Å². The Morgan fingerprint density at radius 2 is 1.70 bits per heavy atom. The molecule has 0 amide bonds. The van der Waals surface area contributed by atoms with Crippen molar-refractivity contribution >= 4 is 26.7 Å². The molecule has 1 heterocycles. The van der Waals surface area contributed by atoms with Crippen LogP contribution < -0.4 is 4.72 Å². The van der Waals surface area contributed by atoms with Crippen molar-refractivity contribution in [3.63, 3.8) is 0 Å². The van der Waals surface area contributed by atoms with Crippen LogP contribution in [0.2, 0.25) is 0 Å². The van der Waals surface area contributed by atoms with Crippen LogP contribution in [0.3, 0.4) is 0 Å². The van der Waals surface area contributed by atoms with Gasteiger partial charge in [-0.1, -0.05) is 54.6 Å². The number of hydrogen-bond acceptors (Lipinski definition) is 4. The van der Waals surface area contributed by atoms with Crippen LogP contribution in [0, 0.1) is 6.92 Å². The van der Waals surface area contributed by atoms with Crippen molar-refractivity contribution in [2.75, 3.05) is 4.72 Å². The van der Waals surface area contributed by atoms with E-state index in [2.05, 4.69) is 14.8 Å². The molecule has 136 valence electrons. The normalized spacial score (nSPS) is 11.6. The lowest BCUT2D eigenvalue weighted by atomic mass is 10.1. The molecule has 0 saturated carbocycles. The summed E-state index contributed by atoms with van der Waals surface area (Å²) >= 11 is 0. The molecule has 7 heteroatoms. The fraction of sp³-hybridized carbons (Fsp3) is 0.100. The van der Waals surface area contributed by atoms with E-state index >= 15 is 0 Å². The second-order valence-electron chi connectivity index (χ2n) is 6.31. The molecule has 0 atom stereocenters. The maximum atomic E-state index is 12.7. The topological polar surface area (TPSA) is 76.9 Å². The molecule has 1 N–H and O–H groups in total. The lowest BCUT2D eigenvalue weighted by Crippen LogP contribution is -2.14. The third-order valence-corrected chi connectivity index (χ3v) is 5.71. The van der Waals surface area contributed by atoms with E-state index in [9.17, 15) is 8.42 Å². The highest BCUT2D eigenvalue weighted by atomic mass is 32.2. The molecule has 0 bridgehead atoms. The highest BCUT2D eigenvalue weighted by Crippen LogP contribution is 2.20. The molecule has 0 radical (unpaired) electrons. The summed E-state index contributed by atoms with van der Waals surface area (Å²) in [4.78, 5) is 4.25. The average molecular weight is 378 g/mol. The maximum absolute atomic E-state index is 12.7. The molecular weight excluding hydrogens is 360 g/mol. The quantitative estimate of drug-likeness (QED) is 0.576. The van der Waals surface area contributed by atoms with E-state index in [1.165, 1.54) is 6.33 Å². The van der Waals surface area contributed by atoms with Crippen LogP contribution in [0.15, 0.2) is 78.0 Å². The Hall–Kier alpha value is -3.19. The van der Waals surface area contributed by atoms with E-state index in [0.717, 1.165) is 21.9 Å². The van der Waals surface area contributed by atoms with Crippen molar-refractivity contribution in [1.82, 2.24) is 14.8 Å². The molecule has 1 aromatic heterocycles. The van der Waals surface area contributed by atoms with Crippen molar-refractivity contribution < 1.29 is 8.42 Å². The van der Waals surface area contributed by atoms with Gasteiger partial charge in [-0.05, 0) is 41.0 Å². The number of rotatable bonds is 5. The number of anilines is 1. The van der Waals surface area contributed by atoms with Gasteiger partial charge >= 0.3 is 0 Å². The molecule has 0 spiro atoms. The molecule has 27 heavy (non-hydrogen) atoms. The monoisotopic (exact) mass is 378 g/mol. The van der Waals surface area contributed by atoms with E-state index < -0.39 is 10.0 Å². The number of nitrogens with one attached hydrogen (secondary N) is 1. The number of sulfonamides is 1. The first-order valence-electron chi connectivity index (χ1n) is 8.47. The summed E-state index contributed by atoms with van der Waals surface area (Å²) < 4.78 is 29.4. The first-order chi connectivity index (χ1) is 13.0. The van der Waals surface area contributed by atoms with E-state index in [1.807, 2.05) is 55.5 Å². The number of hydrogen-bond donors (Lipinski definition) is 1. The molecular formula is C20H18N4O2S. The highest BCUT2D eigenvalue weighted by molar-refractivity contribution is 7.92. The summed E-state index contributed by atoms with van der Waals surface area (Å²) in [6, 6.07) is 20.6. The van der Waals surface area contributed by atoms with E-state index in [4.69, 9.17) is 0 Å². The largest absolute Gasteiger partial charge is 0.264 e. The molecule has 0 saturated heterocycles. The van der Waals surface area contributed by atoms with Gasteiger partial charge < -0.3 is 0 Å². The first kappa shape index (κ1) is 17.2. The fourth-order valence-electron chi connectivity index (χ4n) is 2.89. The van der Waals surface area contributed by atoms with Crippen molar-refractivity contribution in [3.05, 3.63) is 84.2 Å². The summed E-state index contributed by atoms with van der Waals surface area (Å²) in [5.74, 6) is 0.0525. The van der Waals surface area contributed by atoms with Crippen molar-refractivity contribution in [1.29, 1.82) is 0 Å². The van der Waals surface area contributed by atoms with Gasteiger partial charge in [-0.3, -0.25) is 0 Å². The summed E-state index contributed by atoms with van der Waals surface area (Å²) in [5.41, 5.74) is 2.25. The van der Waals surface area contributed by atoms with Gasteiger partial charge in [-0.25, -0.2) is 17.8 Å². The van der Waals surface area contributed by atoms with Gasteiger partial charge in [0.05, 0.1) is 11.4 Å². The molecule has 0 aliphatic carbocycles. The summed E-state index contributed by atoms with van der Waals surface area (Å²) in [6.45, 7) is 2.55. The van der Waals surface area contributed by atoms with Crippen LogP contribution in [-0.4, -0.2) is 23.2 Å². The molecule has 0 aliphatic heterocycles. The SMILES string of the molecule is Cc1ccccc1Cn1cnc(NS(=O)(=O)c2ccc3ccccc3c2)n1. The smallest absolute Gasteiger partial charge is 0.246 e. The molecule has 0 fully saturated rings. The number of fused-ring (bicyclic) bond motifs is 1. The minimum absolute atomic E-state index is 0.0525. The van der Waals surface area contributed by atoms with Crippen molar-refractivity contribution in [3.8, 4) is 0 Å². The Bertz CT molecular complexity index is 1220. The Labute approximate surface area is 157 Å². The van der Waals surface area contributed by atoms with E-state index in [0.29, 0.717) is 6.54 Å². The van der Waals surface area contributed by atoms with Crippen LogP contribution >= 0.6 is 0 Å². The third-order valence-electron chi connectivity index (χ3n) is 4.39. The van der Waals surface area contributed by atoms with Gasteiger partial charge in [0.25, 0.3) is 16.0 Å². The predicted octanol–water partition coefficient (Wildman–Crippen LogP) is 3.59. The second kappa shape index (κ2) is 6.85. The lowest BCUT2D eigenvalue weighted by Gasteiger charge is -2.06. The standard InChI is InChI=1S/C20H18N4O2S/c1-15-6-2-3-9-18(15)13-24-14-21-20(22-24)23-27(25,26)19-11-10-16-7-4-5-8-17(16)12-19/h2-12,14H,13H2,1H3,(H,22,23). The minimum atomic E-state index is -3.76. The summed E-state index contributed by atoms with van der Waals surface area (Å²) in [6.07, 6.45) is 1.52. The lowest BCUT2D eigenvalue weighted by molar-refractivity contribution is 0.600. The number of aryl methyl sites for hydroxylation is 1. The summed E-state index contributed by atoms with van der Waals surface area (Å²) in [7, 11) is -3.76. The Balaban J connectivity index is 1.56. The number of benzene rings is 3. The van der Waals surface area contributed by atoms with Crippen molar-refractivity contribution in [2.45, 2.75) is 18.4 Å². The second-order valence-corrected chi connectivity index (χ2v) is 7.99. The number of aromatic nitrogens is 3. The van der Waals surface area contributed by atoms with Crippen LogP contribution in [0.5, 0.6) is 0 Å².